The van der Waals surface area contributed by atoms with E-state index in [4.69, 9.17) is 16.7 Å². The van der Waals surface area contributed by atoms with E-state index in [1.165, 1.54) is 18.9 Å². The SMILES string of the molecule is CC(C)CCCC(C)Nc1ccc(C(=O)O)c(Cl)c1. The number of nitrogens with one attached hydrogen (secondary N) is 1. The van der Waals surface area contributed by atoms with Crippen LogP contribution in [0.5, 0.6) is 0 Å². The van der Waals surface area contributed by atoms with Gasteiger partial charge in [0, 0.05) is 11.7 Å². The molecule has 1 rings (SSSR count). The molecule has 0 spiro atoms. The van der Waals surface area contributed by atoms with Crippen LogP contribution in [0, 0.1) is 5.92 Å². The van der Waals surface area contributed by atoms with Gasteiger partial charge in [-0.25, -0.2) is 4.79 Å². The molecule has 0 radical (unpaired) electrons. The smallest absolute Gasteiger partial charge is 0.337 e. The van der Waals surface area contributed by atoms with E-state index in [0.29, 0.717) is 6.04 Å². The maximum atomic E-state index is 10.9. The molecular formula is C15H22ClNO2. The van der Waals surface area contributed by atoms with Crippen LogP contribution in [0.1, 0.15) is 50.4 Å². The molecule has 0 fully saturated rings. The second kappa shape index (κ2) is 7.39. The molecule has 0 heterocycles. The molecule has 0 amide bonds. The highest BCUT2D eigenvalue weighted by Crippen LogP contribution is 2.22. The number of anilines is 1. The van der Waals surface area contributed by atoms with Crippen molar-refractivity contribution in [3.8, 4) is 0 Å². The Hall–Kier alpha value is -1.22. The van der Waals surface area contributed by atoms with E-state index in [0.717, 1.165) is 18.0 Å². The Labute approximate surface area is 120 Å². The van der Waals surface area contributed by atoms with Crippen LogP contribution in [0.2, 0.25) is 5.02 Å². The molecule has 0 aliphatic carbocycles. The van der Waals surface area contributed by atoms with Crippen molar-refractivity contribution in [1.82, 2.24) is 0 Å². The number of hydrogen-bond acceptors (Lipinski definition) is 2. The summed E-state index contributed by atoms with van der Waals surface area (Å²) in [5, 5.41) is 12.5. The van der Waals surface area contributed by atoms with Gasteiger partial charge >= 0.3 is 5.97 Å². The van der Waals surface area contributed by atoms with Crippen LogP contribution in [-0.4, -0.2) is 17.1 Å². The van der Waals surface area contributed by atoms with Crippen LogP contribution in [0.25, 0.3) is 0 Å². The topological polar surface area (TPSA) is 49.3 Å². The first-order valence-electron chi connectivity index (χ1n) is 6.69. The molecular weight excluding hydrogens is 262 g/mol. The summed E-state index contributed by atoms with van der Waals surface area (Å²) in [6.07, 6.45) is 3.51. The third kappa shape index (κ3) is 5.52. The van der Waals surface area contributed by atoms with Gasteiger partial charge in [0.05, 0.1) is 10.6 Å². The first-order chi connectivity index (χ1) is 8.90. The van der Waals surface area contributed by atoms with Crippen molar-refractivity contribution < 1.29 is 9.90 Å². The number of aromatic carboxylic acids is 1. The van der Waals surface area contributed by atoms with Gasteiger partial charge < -0.3 is 10.4 Å². The Morgan fingerprint density at radius 3 is 2.53 bits per heavy atom. The summed E-state index contributed by atoms with van der Waals surface area (Å²) in [7, 11) is 0. The molecule has 2 N–H and O–H groups in total. The summed E-state index contributed by atoms with van der Waals surface area (Å²) in [4.78, 5) is 10.9. The monoisotopic (exact) mass is 283 g/mol. The minimum atomic E-state index is -0.999. The zero-order chi connectivity index (χ0) is 14.4. The molecule has 0 saturated carbocycles. The zero-order valence-corrected chi connectivity index (χ0v) is 12.5. The van der Waals surface area contributed by atoms with Gasteiger partial charge in [0.25, 0.3) is 0 Å². The van der Waals surface area contributed by atoms with Gasteiger partial charge in [0.1, 0.15) is 0 Å². The van der Waals surface area contributed by atoms with Crippen molar-refractivity contribution in [3.63, 3.8) is 0 Å². The number of carboxylic acid groups (broad SMARTS) is 1. The fourth-order valence-corrected chi connectivity index (χ4v) is 2.23. The minimum absolute atomic E-state index is 0.139. The molecule has 19 heavy (non-hydrogen) atoms. The van der Waals surface area contributed by atoms with Gasteiger partial charge in [-0.15, -0.1) is 0 Å². The number of halogens is 1. The van der Waals surface area contributed by atoms with Gasteiger partial charge in [-0.05, 0) is 37.5 Å². The van der Waals surface area contributed by atoms with Crippen molar-refractivity contribution in [3.05, 3.63) is 28.8 Å². The average molecular weight is 284 g/mol. The van der Waals surface area contributed by atoms with Crippen LogP contribution in [0.3, 0.4) is 0 Å². The Balaban J connectivity index is 2.53. The Morgan fingerprint density at radius 2 is 2.00 bits per heavy atom. The Kier molecular flexibility index (Phi) is 6.16. The Bertz CT molecular complexity index is 432. The number of carboxylic acids is 1. The lowest BCUT2D eigenvalue weighted by molar-refractivity contribution is 0.0697. The summed E-state index contributed by atoms with van der Waals surface area (Å²) < 4.78 is 0. The van der Waals surface area contributed by atoms with E-state index >= 15 is 0 Å². The van der Waals surface area contributed by atoms with Crippen LogP contribution < -0.4 is 5.32 Å². The molecule has 0 aliphatic rings. The molecule has 1 aromatic rings. The summed E-state index contributed by atoms with van der Waals surface area (Å²) >= 11 is 5.93. The number of carbonyl (C=O) groups is 1. The maximum absolute atomic E-state index is 10.9. The fraction of sp³-hybridized carbons (Fsp3) is 0.533. The van der Waals surface area contributed by atoms with Gasteiger partial charge in [0.15, 0.2) is 0 Å². The second-order valence-corrected chi connectivity index (χ2v) is 5.78. The van der Waals surface area contributed by atoms with Crippen molar-refractivity contribution in [2.45, 2.75) is 46.1 Å². The highest BCUT2D eigenvalue weighted by Gasteiger charge is 2.10. The van der Waals surface area contributed by atoms with E-state index in [-0.39, 0.29) is 10.6 Å². The number of benzene rings is 1. The van der Waals surface area contributed by atoms with Crippen LogP contribution in [-0.2, 0) is 0 Å². The fourth-order valence-electron chi connectivity index (χ4n) is 1.97. The molecule has 3 nitrogen and oxygen atoms in total. The Morgan fingerprint density at radius 1 is 1.32 bits per heavy atom. The van der Waals surface area contributed by atoms with E-state index in [2.05, 4.69) is 26.1 Å². The second-order valence-electron chi connectivity index (χ2n) is 5.37. The lowest BCUT2D eigenvalue weighted by atomic mass is 10.0. The zero-order valence-electron chi connectivity index (χ0n) is 11.7. The van der Waals surface area contributed by atoms with Gasteiger partial charge in [-0.1, -0.05) is 38.3 Å². The summed E-state index contributed by atoms with van der Waals surface area (Å²) in [6.45, 7) is 6.57. The van der Waals surface area contributed by atoms with Crippen LogP contribution >= 0.6 is 11.6 Å². The summed E-state index contributed by atoms with van der Waals surface area (Å²) in [6, 6.07) is 5.32. The first-order valence-corrected chi connectivity index (χ1v) is 7.07. The molecule has 0 aliphatic heterocycles. The average Bonchev–Trinajstić information content (AvgIpc) is 2.27. The summed E-state index contributed by atoms with van der Waals surface area (Å²) in [5.41, 5.74) is 1.01. The molecule has 0 aromatic heterocycles. The van der Waals surface area contributed by atoms with Crippen molar-refractivity contribution >= 4 is 23.3 Å². The third-order valence-electron chi connectivity index (χ3n) is 3.03. The van der Waals surface area contributed by atoms with E-state index in [1.54, 1.807) is 12.1 Å². The lowest BCUT2D eigenvalue weighted by Crippen LogP contribution is -2.15. The first kappa shape index (κ1) is 15.8. The van der Waals surface area contributed by atoms with Crippen molar-refractivity contribution in [2.75, 3.05) is 5.32 Å². The predicted octanol–water partition coefficient (Wildman–Crippen LogP) is 4.66. The predicted molar refractivity (Wildman–Crippen MR) is 80.2 cm³/mol. The van der Waals surface area contributed by atoms with Gasteiger partial charge in [0.2, 0.25) is 0 Å². The van der Waals surface area contributed by atoms with E-state index in [1.807, 2.05) is 0 Å². The van der Waals surface area contributed by atoms with Gasteiger partial charge in [-0.2, -0.15) is 0 Å². The standard InChI is InChI=1S/C15H22ClNO2/c1-10(2)5-4-6-11(3)17-12-7-8-13(15(18)19)14(16)9-12/h7-11,17H,4-6H2,1-3H3,(H,18,19). The van der Waals surface area contributed by atoms with E-state index < -0.39 is 5.97 Å². The molecule has 0 saturated heterocycles. The molecule has 4 heteroatoms. The highest BCUT2D eigenvalue weighted by molar-refractivity contribution is 6.33. The maximum Gasteiger partial charge on any atom is 0.337 e. The van der Waals surface area contributed by atoms with Crippen LogP contribution in [0.15, 0.2) is 18.2 Å². The minimum Gasteiger partial charge on any atom is -0.478 e. The van der Waals surface area contributed by atoms with Crippen molar-refractivity contribution in [2.24, 2.45) is 5.92 Å². The molecule has 0 bridgehead atoms. The van der Waals surface area contributed by atoms with Crippen molar-refractivity contribution in [1.29, 1.82) is 0 Å². The molecule has 1 aromatic carbocycles. The number of hydrogen-bond donors (Lipinski definition) is 2. The van der Waals surface area contributed by atoms with E-state index in [9.17, 15) is 4.79 Å². The third-order valence-corrected chi connectivity index (χ3v) is 3.34. The normalized spacial score (nSPS) is 12.5. The summed E-state index contributed by atoms with van der Waals surface area (Å²) in [5.74, 6) is -0.266. The quantitative estimate of drug-likeness (QED) is 0.765. The largest absolute Gasteiger partial charge is 0.478 e. The lowest BCUT2D eigenvalue weighted by Gasteiger charge is -2.16. The molecule has 1 unspecified atom stereocenters. The molecule has 106 valence electrons. The van der Waals surface area contributed by atoms with Gasteiger partial charge in [-0.3, -0.25) is 0 Å². The van der Waals surface area contributed by atoms with Crippen LogP contribution in [0.4, 0.5) is 5.69 Å². The highest BCUT2D eigenvalue weighted by atomic mass is 35.5. The number of rotatable bonds is 7. The molecule has 1 atom stereocenters.